The Morgan fingerprint density at radius 3 is 2.65 bits per heavy atom. The first-order valence-corrected chi connectivity index (χ1v) is 8.31. The van der Waals surface area contributed by atoms with Gasteiger partial charge in [0.05, 0.1) is 16.8 Å². The van der Waals surface area contributed by atoms with Gasteiger partial charge in [0, 0.05) is 17.0 Å². The maximum Gasteiger partial charge on any atom is 0.192 e. The van der Waals surface area contributed by atoms with Crippen LogP contribution in [0.5, 0.6) is 5.75 Å². The maximum absolute atomic E-state index is 6.35. The smallest absolute Gasteiger partial charge is 0.192 e. The van der Waals surface area contributed by atoms with E-state index < -0.39 is 5.72 Å². The molecule has 2 aliphatic rings. The molecular formula is C18H16Cl2N2O. The summed E-state index contributed by atoms with van der Waals surface area (Å²) in [4.78, 5) is 0. The van der Waals surface area contributed by atoms with Gasteiger partial charge in [0.2, 0.25) is 0 Å². The van der Waals surface area contributed by atoms with Crippen molar-refractivity contribution in [1.82, 2.24) is 5.01 Å². The van der Waals surface area contributed by atoms with Crippen LogP contribution in [0.2, 0.25) is 10.0 Å². The molecule has 4 rings (SSSR count). The molecule has 0 spiro atoms. The van der Waals surface area contributed by atoms with E-state index >= 15 is 0 Å². The van der Waals surface area contributed by atoms with E-state index in [1.165, 1.54) is 0 Å². The molecular weight excluding hydrogens is 331 g/mol. The van der Waals surface area contributed by atoms with Gasteiger partial charge >= 0.3 is 0 Å². The van der Waals surface area contributed by atoms with Gasteiger partial charge in [-0.25, -0.2) is 5.01 Å². The van der Waals surface area contributed by atoms with Crippen LogP contribution in [0.25, 0.3) is 0 Å². The molecule has 0 aliphatic carbocycles. The van der Waals surface area contributed by atoms with Gasteiger partial charge in [-0.15, -0.1) is 0 Å². The van der Waals surface area contributed by atoms with E-state index in [0.717, 1.165) is 23.3 Å². The van der Waals surface area contributed by atoms with E-state index in [-0.39, 0.29) is 6.04 Å². The van der Waals surface area contributed by atoms with Crippen LogP contribution in [-0.2, 0) is 0 Å². The van der Waals surface area contributed by atoms with E-state index in [9.17, 15) is 0 Å². The van der Waals surface area contributed by atoms with Crippen molar-refractivity contribution in [2.24, 2.45) is 5.10 Å². The van der Waals surface area contributed by atoms with Gasteiger partial charge in [-0.05, 0) is 31.5 Å². The lowest BCUT2D eigenvalue weighted by atomic mass is 9.95. The second-order valence-corrected chi connectivity index (χ2v) is 7.18. The summed E-state index contributed by atoms with van der Waals surface area (Å²) in [5, 5.41) is 8.01. The van der Waals surface area contributed by atoms with Crippen LogP contribution in [0, 0.1) is 0 Å². The van der Waals surface area contributed by atoms with E-state index in [0.29, 0.717) is 15.8 Å². The number of fused-ring (bicyclic) bond motifs is 3. The summed E-state index contributed by atoms with van der Waals surface area (Å²) in [5.74, 6) is 0.715. The van der Waals surface area contributed by atoms with Crippen LogP contribution in [0.1, 0.15) is 37.4 Å². The van der Waals surface area contributed by atoms with Crippen LogP contribution < -0.4 is 4.74 Å². The topological polar surface area (TPSA) is 24.8 Å². The highest BCUT2D eigenvalue weighted by Crippen LogP contribution is 2.49. The fraction of sp³-hybridized carbons (Fsp3) is 0.278. The van der Waals surface area contributed by atoms with Gasteiger partial charge in [-0.1, -0.05) is 53.5 Å². The third kappa shape index (κ3) is 2.39. The van der Waals surface area contributed by atoms with E-state index in [4.69, 9.17) is 33.0 Å². The summed E-state index contributed by atoms with van der Waals surface area (Å²) in [7, 11) is 0. The summed E-state index contributed by atoms with van der Waals surface area (Å²) >= 11 is 12.6. The molecule has 2 heterocycles. The van der Waals surface area contributed by atoms with Crippen LogP contribution in [0.3, 0.4) is 0 Å². The lowest BCUT2D eigenvalue weighted by Crippen LogP contribution is -2.48. The molecule has 0 saturated heterocycles. The predicted octanol–water partition coefficient (Wildman–Crippen LogP) is 5.27. The molecule has 1 atom stereocenters. The minimum absolute atomic E-state index is 0.0835. The fourth-order valence-corrected chi connectivity index (χ4v) is 3.83. The molecule has 0 N–H and O–H groups in total. The van der Waals surface area contributed by atoms with Crippen molar-refractivity contribution in [3.8, 4) is 5.75 Å². The molecule has 23 heavy (non-hydrogen) atoms. The molecule has 0 amide bonds. The third-order valence-corrected chi connectivity index (χ3v) is 4.82. The summed E-state index contributed by atoms with van der Waals surface area (Å²) in [6.07, 6.45) is 0.806. The van der Waals surface area contributed by atoms with Gasteiger partial charge in [-0.3, -0.25) is 0 Å². The zero-order valence-electron chi connectivity index (χ0n) is 12.9. The monoisotopic (exact) mass is 346 g/mol. The summed E-state index contributed by atoms with van der Waals surface area (Å²) < 4.78 is 6.13. The first-order chi connectivity index (χ1) is 11.0. The SMILES string of the molecule is CC1(C)Oc2c(Cl)cc(Cl)cc2[C@@H]2CC(c3ccccc3)=NN21. The summed E-state index contributed by atoms with van der Waals surface area (Å²) in [6, 6.07) is 14.0. The zero-order chi connectivity index (χ0) is 16.2. The quantitative estimate of drug-likeness (QED) is 0.702. The van der Waals surface area contributed by atoms with Gasteiger partial charge in [0.25, 0.3) is 0 Å². The van der Waals surface area contributed by atoms with E-state index in [1.54, 1.807) is 6.07 Å². The van der Waals surface area contributed by atoms with Gasteiger partial charge in [0.15, 0.2) is 5.72 Å². The molecule has 2 aromatic rings. The minimum atomic E-state index is -0.564. The van der Waals surface area contributed by atoms with Gasteiger partial charge < -0.3 is 4.74 Å². The summed E-state index contributed by atoms with van der Waals surface area (Å²) in [5.41, 5.74) is 2.62. The number of ether oxygens (including phenoxy) is 1. The molecule has 3 nitrogen and oxygen atoms in total. The Balaban J connectivity index is 1.82. The molecule has 0 saturated carbocycles. The molecule has 0 bridgehead atoms. The van der Waals surface area contributed by atoms with Crippen LogP contribution in [0.15, 0.2) is 47.6 Å². The molecule has 5 heteroatoms. The van der Waals surface area contributed by atoms with E-state index in [1.807, 2.05) is 43.1 Å². The molecule has 0 fully saturated rings. The van der Waals surface area contributed by atoms with Crippen LogP contribution in [0.4, 0.5) is 0 Å². The first kappa shape index (κ1) is 14.9. The Labute approximate surface area is 145 Å². The number of nitrogens with zero attached hydrogens (tertiary/aromatic N) is 2. The normalized spacial score (nSPS) is 21.3. The van der Waals surface area contributed by atoms with Gasteiger partial charge in [-0.2, -0.15) is 5.10 Å². The van der Waals surface area contributed by atoms with Crippen molar-refractivity contribution >= 4 is 28.9 Å². The Kier molecular flexibility index (Phi) is 3.33. The van der Waals surface area contributed by atoms with Crippen molar-refractivity contribution in [3.63, 3.8) is 0 Å². The van der Waals surface area contributed by atoms with Crippen molar-refractivity contribution in [1.29, 1.82) is 0 Å². The number of hydrogen-bond acceptors (Lipinski definition) is 3. The maximum atomic E-state index is 6.35. The Hall–Kier alpha value is -1.71. The van der Waals surface area contributed by atoms with Crippen LogP contribution in [-0.4, -0.2) is 16.4 Å². The Morgan fingerprint density at radius 1 is 1.17 bits per heavy atom. The van der Waals surface area contributed by atoms with Crippen molar-refractivity contribution in [2.75, 3.05) is 0 Å². The lowest BCUT2D eigenvalue weighted by molar-refractivity contribution is -0.0910. The molecule has 0 aromatic heterocycles. The number of benzene rings is 2. The highest BCUT2D eigenvalue weighted by Gasteiger charge is 2.45. The fourth-order valence-electron chi connectivity index (χ4n) is 3.29. The number of hydrazone groups is 1. The molecule has 2 aromatic carbocycles. The zero-order valence-corrected chi connectivity index (χ0v) is 14.4. The van der Waals surface area contributed by atoms with Crippen LogP contribution >= 0.6 is 23.2 Å². The molecule has 118 valence electrons. The Bertz CT molecular complexity index is 802. The first-order valence-electron chi connectivity index (χ1n) is 7.56. The number of hydrogen-bond donors (Lipinski definition) is 0. The van der Waals surface area contributed by atoms with E-state index in [2.05, 4.69) is 12.1 Å². The minimum Gasteiger partial charge on any atom is -0.465 e. The highest BCUT2D eigenvalue weighted by molar-refractivity contribution is 6.35. The third-order valence-electron chi connectivity index (χ3n) is 4.32. The van der Waals surface area contributed by atoms with Crippen molar-refractivity contribution < 1.29 is 4.74 Å². The molecule has 0 radical (unpaired) electrons. The molecule has 2 aliphatic heterocycles. The standard InChI is InChI=1S/C18H16Cl2N2O/c1-18(2)22-16(10-15(21-22)11-6-4-3-5-7-11)13-8-12(19)9-14(20)17(13)23-18/h3-9,16H,10H2,1-2H3/t16-/m0/s1. The van der Waals surface area contributed by atoms with Crippen molar-refractivity contribution in [3.05, 3.63) is 63.6 Å². The van der Waals surface area contributed by atoms with Gasteiger partial charge in [0.1, 0.15) is 5.75 Å². The average Bonchev–Trinajstić information content (AvgIpc) is 2.96. The molecule has 0 unspecified atom stereocenters. The lowest BCUT2D eigenvalue weighted by Gasteiger charge is -2.44. The second-order valence-electron chi connectivity index (χ2n) is 6.33. The second kappa shape index (κ2) is 5.15. The largest absolute Gasteiger partial charge is 0.465 e. The number of halogens is 2. The average molecular weight is 347 g/mol. The van der Waals surface area contributed by atoms with Crippen molar-refractivity contribution in [2.45, 2.75) is 32.0 Å². The summed E-state index contributed by atoms with van der Waals surface area (Å²) in [6.45, 7) is 4.01. The number of rotatable bonds is 1. The predicted molar refractivity (Wildman–Crippen MR) is 93.3 cm³/mol. The Morgan fingerprint density at radius 2 is 1.91 bits per heavy atom. The highest BCUT2D eigenvalue weighted by atomic mass is 35.5.